The topological polar surface area (TPSA) is 130 Å². The lowest BCUT2D eigenvalue weighted by molar-refractivity contribution is -0.116. The molecular weight excluding hydrogens is 296 g/mol. The molecular formula is C15H14N6O2. The van der Waals surface area contributed by atoms with Crippen LogP contribution in [0.25, 0.3) is 17.1 Å². The number of hydrogen-bond donors (Lipinski definition) is 4. The van der Waals surface area contributed by atoms with Crippen LogP contribution in [-0.4, -0.2) is 25.8 Å². The minimum atomic E-state index is -0.255. The van der Waals surface area contributed by atoms with E-state index in [1.165, 1.54) is 18.5 Å². The molecule has 0 saturated heterocycles. The predicted octanol–water partition coefficient (Wildman–Crippen LogP) is 0.558. The number of nitrogens with zero attached hydrogens (tertiary/aromatic N) is 2. The van der Waals surface area contributed by atoms with Gasteiger partial charge in [0.25, 0.3) is 0 Å². The maximum atomic E-state index is 11.8. The largest absolute Gasteiger partial charge is 0.368 e. The summed E-state index contributed by atoms with van der Waals surface area (Å²) in [5, 5.41) is 2.76. The lowest BCUT2D eigenvalue weighted by Crippen LogP contribution is -2.20. The van der Waals surface area contributed by atoms with E-state index in [0.29, 0.717) is 17.6 Å². The molecule has 1 amide bonds. The lowest BCUT2D eigenvalue weighted by atomic mass is 10.2. The smallest absolute Gasteiger partial charge is 0.323 e. The zero-order chi connectivity index (χ0) is 16.2. The number of fused-ring (bicyclic) bond motifs is 1. The average Bonchev–Trinajstić information content (AvgIpc) is 2.91. The van der Waals surface area contributed by atoms with Crippen molar-refractivity contribution < 1.29 is 4.79 Å². The Balaban J connectivity index is 1.61. The van der Waals surface area contributed by atoms with E-state index >= 15 is 0 Å². The van der Waals surface area contributed by atoms with Crippen LogP contribution in [0.3, 0.4) is 0 Å². The van der Waals surface area contributed by atoms with Crippen LogP contribution in [0, 0.1) is 0 Å². The molecule has 0 saturated carbocycles. The number of nitrogen functional groups attached to an aromatic ring is 1. The number of aromatic amines is 2. The number of nitrogens with one attached hydrogen (secondary N) is 3. The lowest BCUT2D eigenvalue weighted by Gasteiger charge is -2.02. The van der Waals surface area contributed by atoms with Crippen LogP contribution in [-0.2, 0) is 11.3 Å². The second kappa shape index (κ2) is 6.14. The van der Waals surface area contributed by atoms with Gasteiger partial charge in [-0.25, -0.2) is 14.8 Å². The van der Waals surface area contributed by atoms with E-state index in [4.69, 9.17) is 5.73 Å². The van der Waals surface area contributed by atoms with E-state index in [1.54, 1.807) is 12.1 Å². The Bertz CT molecular complexity index is 923. The Kier molecular flexibility index (Phi) is 3.88. The van der Waals surface area contributed by atoms with E-state index in [0.717, 1.165) is 11.1 Å². The summed E-state index contributed by atoms with van der Waals surface area (Å²) in [6, 6.07) is 5.44. The molecule has 1 aromatic carbocycles. The van der Waals surface area contributed by atoms with Gasteiger partial charge in [-0.1, -0.05) is 6.07 Å². The molecule has 0 spiro atoms. The number of carbonyl (C=O) groups is 1. The summed E-state index contributed by atoms with van der Waals surface area (Å²) in [6.45, 7) is 0.352. The van der Waals surface area contributed by atoms with Crippen molar-refractivity contribution in [2.75, 3.05) is 5.73 Å². The quantitative estimate of drug-likeness (QED) is 0.523. The van der Waals surface area contributed by atoms with Gasteiger partial charge in [0, 0.05) is 30.6 Å². The van der Waals surface area contributed by atoms with Gasteiger partial charge in [-0.2, -0.15) is 0 Å². The SMILES string of the molecule is Nc1ncc(C=CC(=O)NCc2ccc3[nH]c(=O)[nH]c3c2)cn1. The molecule has 0 aliphatic rings. The Morgan fingerprint density at radius 2 is 1.96 bits per heavy atom. The summed E-state index contributed by atoms with van der Waals surface area (Å²) < 4.78 is 0. The highest BCUT2D eigenvalue weighted by Gasteiger charge is 2.01. The number of benzene rings is 1. The highest BCUT2D eigenvalue weighted by molar-refractivity contribution is 5.91. The van der Waals surface area contributed by atoms with E-state index < -0.39 is 0 Å². The van der Waals surface area contributed by atoms with Gasteiger partial charge >= 0.3 is 5.69 Å². The van der Waals surface area contributed by atoms with E-state index in [9.17, 15) is 9.59 Å². The maximum Gasteiger partial charge on any atom is 0.323 e. The summed E-state index contributed by atoms with van der Waals surface area (Å²) in [4.78, 5) is 36.0. The first kappa shape index (κ1) is 14.5. The summed E-state index contributed by atoms with van der Waals surface area (Å²) in [6.07, 6.45) is 6.05. The van der Waals surface area contributed by atoms with E-state index in [2.05, 4.69) is 25.3 Å². The van der Waals surface area contributed by atoms with Gasteiger partial charge in [0.1, 0.15) is 0 Å². The predicted molar refractivity (Wildman–Crippen MR) is 86.2 cm³/mol. The highest BCUT2D eigenvalue weighted by atomic mass is 16.1. The van der Waals surface area contributed by atoms with Gasteiger partial charge < -0.3 is 21.0 Å². The van der Waals surface area contributed by atoms with Crippen LogP contribution in [0.2, 0.25) is 0 Å². The van der Waals surface area contributed by atoms with Gasteiger partial charge in [0.2, 0.25) is 11.9 Å². The number of rotatable bonds is 4. The Hall–Kier alpha value is -3.42. The second-order valence-corrected chi connectivity index (χ2v) is 4.88. The fraction of sp³-hybridized carbons (Fsp3) is 0.0667. The molecule has 0 fully saturated rings. The Morgan fingerprint density at radius 1 is 1.22 bits per heavy atom. The third-order valence-electron chi connectivity index (χ3n) is 3.17. The summed E-state index contributed by atoms with van der Waals surface area (Å²) >= 11 is 0. The summed E-state index contributed by atoms with van der Waals surface area (Å²) in [7, 11) is 0. The van der Waals surface area contributed by atoms with E-state index in [1.807, 2.05) is 12.1 Å². The van der Waals surface area contributed by atoms with Gasteiger partial charge in [-0.15, -0.1) is 0 Å². The van der Waals surface area contributed by atoms with Crippen LogP contribution >= 0.6 is 0 Å². The minimum Gasteiger partial charge on any atom is -0.368 e. The molecule has 2 heterocycles. The zero-order valence-electron chi connectivity index (χ0n) is 12.0. The van der Waals surface area contributed by atoms with Crippen molar-refractivity contribution in [3.63, 3.8) is 0 Å². The molecule has 0 aliphatic heterocycles. The van der Waals surface area contributed by atoms with Crippen LogP contribution in [0.1, 0.15) is 11.1 Å². The van der Waals surface area contributed by atoms with Gasteiger partial charge in [0.05, 0.1) is 11.0 Å². The van der Waals surface area contributed by atoms with Crippen LogP contribution < -0.4 is 16.7 Å². The molecule has 8 heteroatoms. The normalized spacial score (nSPS) is 11.1. The van der Waals surface area contributed by atoms with Crippen molar-refractivity contribution in [3.8, 4) is 0 Å². The van der Waals surface area contributed by atoms with Crippen LogP contribution in [0.4, 0.5) is 5.95 Å². The third kappa shape index (κ3) is 3.62. The van der Waals surface area contributed by atoms with Gasteiger partial charge in [0.15, 0.2) is 0 Å². The molecule has 116 valence electrons. The number of hydrogen-bond acceptors (Lipinski definition) is 5. The number of carbonyl (C=O) groups excluding carboxylic acids is 1. The van der Waals surface area contributed by atoms with Crippen molar-refractivity contribution >= 4 is 29.0 Å². The average molecular weight is 310 g/mol. The Labute approximate surface area is 130 Å². The first-order valence-electron chi connectivity index (χ1n) is 6.84. The van der Waals surface area contributed by atoms with Crippen molar-refractivity contribution in [1.82, 2.24) is 25.3 Å². The fourth-order valence-corrected chi connectivity index (χ4v) is 2.04. The van der Waals surface area contributed by atoms with Crippen LogP contribution in [0.5, 0.6) is 0 Å². The molecule has 5 N–H and O–H groups in total. The molecule has 3 aromatic rings. The number of amides is 1. The standard InChI is InChI=1S/C15H14N6O2/c16-14-18-7-10(8-19-14)2-4-13(22)17-6-9-1-3-11-12(5-9)21-15(23)20-11/h1-5,7-8H,6H2,(H,17,22)(H2,16,18,19)(H2,20,21,23). The van der Waals surface area contributed by atoms with Gasteiger partial charge in [-0.3, -0.25) is 4.79 Å². The van der Waals surface area contributed by atoms with E-state index in [-0.39, 0.29) is 17.5 Å². The van der Waals surface area contributed by atoms with Crippen molar-refractivity contribution in [3.05, 3.63) is 58.3 Å². The van der Waals surface area contributed by atoms with Crippen molar-refractivity contribution in [2.24, 2.45) is 0 Å². The zero-order valence-corrected chi connectivity index (χ0v) is 12.0. The summed E-state index contributed by atoms with van der Waals surface area (Å²) in [5.74, 6) is -0.0609. The molecule has 0 unspecified atom stereocenters. The molecule has 0 aliphatic carbocycles. The minimum absolute atomic E-state index is 0.185. The number of nitrogens with two attached hydrogens (primary N) is 1. The molecule has 3 rings (SSSR count). The van der Waals surface area contributed by atoms with Crippen molar-refractivity contribution in [1.29, 1.82) is 0 Å². The molecule has 23 heavy (non-hydrogen) atoms. The first-order valence-corrected chi connectivity index (χ1v) is 6.84. The van der Waals surface area contributed by atoms with Crippen LogP contribution in [0.15, 0.2) is 41.5 Å². The molecule has 8 nitrogen and oxygen atoms in total. The third-order valence-corrected chi connectivity index (χ3v) is 3.17. The number of anilines is 1. The molecule has 0 bridgehead atoms. The molecule has 2 aromatic heterocycles. The highest BCUT2D eigenvalue weighted by Crippen LogP contribution is 2.09. The fourth-order valence-electron chi connectivity index (χ4n) is 2.04. The molecule has 0 radical (unpaired) electrons. The number of H-pyrrole nitrogens is 2. The monoisotopic (exact) mass is 310 g/mol. The molecule has 0 atom stereocenters. The first-order chi connectivity index (χ1) is 11.1. The number of imidazole rings is 1. The van der Waals surface area contributed by atoms with Gasteiger partial charge in [-0.05, 0) is 23.8 Å². The number of aromatic nitrogens is 4. The summed E-state index contributed by atoms with van der Waals surface area (Å²) in [5.41, 5.74) is 8.13. The Morgan fingerprint density at radius 3 is 2.74 bits per heavy atom. The maximum absolute atomic E-state index is 11.8. The van der Waals surface area contributed by atoms with Crippen molar-refractivity contribution in [2.45, 2.75) is 6.54 Å². The second-order valence-electron chi connectivity index (χ2n) is 4.88.